The summed E-state index contributed by atoms with van der Waals surface area (Å²) < 4.78 is 37.9. The van der Waals surface area contributed by atoms with E-state index >= 15 is 0 Å². The quantitative estimate of drug-likeness (QED) is 0.582. The molecular weight excluding hydrogens is 315 g/mol. The van der Waals surface area contributed by atoms with E-state index in [9.17, 15) is 18.0 Å². The Hall–Kier alpha value is -2.04. The van der Waals surface area contributed by atoms with Gasteiger partial charge in [0.05, 0.1) is 5.56 Å². The second-order valence-corrected chi connectivity index (χ2v) is 6.69. The van der Waals surface area contributed by atoms with E-state index in [2.05, 4.69) is 12.7 Å². The highest BCUT2D eigenvalue weighted by molar-refractivity contribution is 5.87. The summed E-state index contributed by atoms with van der Waals surface area (Å²) >= 11 is 0. The van der Waals surface area contributed by atoms with Gasteiger partial charge in [-0.05, 0) is 36.1 Å². The van der Waals surface area contributed by atoms with Crippen molar-refractivity contribution < 1.29 is 18.0 Å². The molecular formula is C19H22F3NO. The number of benzene rings is 1. The van der Waals surface area contributed by atoms with Gasteiger partial charge in [-0.2, -0.15) is 13.2 Å². The van der Waals surface area contributed by atoms with Crippen LogP contribution in [0.2, 0.25) is 0 Å². The first kappa shape index (κ1) is 18.3. The van der Waals surface area contributed by atoms with Crippen molar-refractivity contribution in [1.82, 2.24) is 4.90 Å². The van der Waals surface area contributed by atoms with Crippen LogP contribution < -0.4 is 0 Å². The van der Waals surface area contributed by atoms with Crippen LogP contribution >= 0.6 is 0 Å². The summed E-state index contributed by atoms with van der Waals surface area (Å²) in [5, 5.41) is 0. The Morgan fingerprint density at radius 1 is 1.21 bits per heavy atom. The van der Waals surface area contributed by atoms with Gasteiger partial charge in [-0.3, -0.25) is 4.79 Å². The van der Waals surface area contributed by atoms with Crippen LogP contribution in [0.25, 0.3) is 0 Å². The number of hydrogen-bond donors (Lipinski definition) is 0. The van der Waals surface area contributed by atoms with Crippen LogP contribution in [0.1, 0.15) is 31.4 Å². The third kappa shape index (κ3) is 4.28. The zero-order chi connectivity index (χ0) is 18.0. The molecule has 1 fully saturated rings. The Kier molecular flexibility index (Phi) is 5.21. The van der Waals surface area contributed by atoms with Crippen LogP contribution in [0, 0.1) is 5.92 Å². The molecule has 1 aromatic rings. The topological polar surface area (TPSA) is 20.3 Å². The van der Waals surface area contributed by atoms with E-state index < -0.39 is 11.7 Å². The van der Waals surface area contributed by atoms with Crippen molar-refractivity contribution >= 4 is 5.91 Å². The van der Waals surface area contributed by atoms with E-state index in [0.29, 0.717) is 13.1 Å². The predicted octanol–water partition coefficient (Wildman–Crippen LogP) is 4.57. The van der Waals surface area contributed by atoms with Crippen LogP contribution in [0.3, 0.4) is 0 Å². The Morgan fingerprint density at radius 2 is 1.79 bits per heavy atom. The Labute approximate surface area is 140 Å². The van der Waals surface area contributed by atoms with Gasteiger partial charge in [0.15, 0.2) is 0 Å². The summed E-state index contributed by atoms with van der Waals surface area (Å²) in [7, 11) is 0. The summed E-state index contributed by atoms with van der Waals surface area (Å²) in [6, 6.07) is 5.28. The van der Waals surface area contributed by atoms with E-state index in [4.69, 9.17) is 0 Å². The van der Waals surface area contributed by atoms with Gasteiger partial charge >= 0.3 is 6.18 Å². The molecule has 2 rings (SSSR count). The zero-order valence-corrected chi connectivity index (χ0v) is 13.9. The molecule has 0 spiro atoms. The molecule has 2 nitrogen and oxygen atoms in total. The molecule has 24 heavy (non-hydrogen) atoms. The normalized spacial score (nSPS) is 19.0. The van der Waals surface area contributed by atoms with E-state index in [1.165, 1.54) is 18.2 Å². The first-order valence-corrected chi connectivity index (χ1v) is 7.92. The maximum atomic E-state index is 12.6. The number of allylic oxidation sites excluding steroid dienone is 1. The number of carbonyl (C=O) groups excluding carboxylic acids is 1. The predicted molar refractivity (Wildman–Crippen MR) is 88.5 cm³/mol. The molecule has 0 aliphatic carbocycles. The van der Waals surface area contributed by atoms with Crippen molar-refractivity contribution in [3.05, 3.63) is 60.2 Å². The number of halogens is 3. The molecule has 1 heterocycles. The van der Waals surface area contributed by atoms with Crippen LogP contribution in [0.5, 0.6) is 0 Å². The van der Waals surface area contributed by atoms with Crippen LogP contribution in [0.15, 0.2) is 49.1 Å². The van der Waals surface area contributed by atoms with Crippen LogP contribution in [0.4, 0.5) is 13.2 Å². The smallest absolute Gasteiger partial charge is 0.339 e. The van der Waals surface area contributed by atoms with Gasteiger partial charge in [0, 0.05) is 18.5 Å². The van der Waals surface area contributed by atoms with Gasteiger partial charge in [0.2, 0.25) is 5.91 Å². The van der Waals surface area contributed by atoms with Gasteiger partial charge in [-0.15, -0.1) is 0 Å². The first-order valence-electron chi connectivity index (χ1n) is 7.92. The second-order valence-electron chi connectivity index (χ2n) is 6.69. The lowest BCUT2D eigenvalue weighted by Crippen LogP contribution is -2.26. The zero-order valence-electron chi connectivity index (χ0n) is 13.9. The minimum Gasteiger partial charge on any atom is -0.339 e. The molecule has 1 aromatic carbocycles. The lowest BCUT2D eigenvalue weighted by atomic mass is 9.83. The fraction of sp³-hybridized carbons (Fsp3) is 0.421. The number of nitrogens with zero attached hydrogens (tertiary/aromatic N) is 1. The lowest BCUT2D eigenvalue weighted by molar-refractivity contribution is -0.137. The molecule has 1 atom stereocenters. The van der Waals surface area contributed by atoms with Gasteiger partial charge in [0.1, 0.15) is 0 Å². The summed E-state index contributed by atoms with van der Waals surface area (Å²) in [6.45, 7) is 8.79. The SMILES string of the molecule is C=CC(=O)N1CCC(/C=C/C(C)(C)c2ccc(C(F)(F)F)cc2)C1. The van der Waals surface area contributed by atoms with E-state index in [0.717, 1.165) is 24.1 Å². The molecule has 0 bridgehead atoms. The van der Waals surface area contributed by atoms with Crippen LogP contribution in [-0.4, -0.2) is 23.9 Å². The van der Waals surface area contributed by atoms with Gasteiger partial charge < -0.3 is 4.90 Å². The molecule has 1 saturated heterocycles. The Bertz CT molecular complexity index is 629. The highest BCUT2D eigenvalue weighted by Gasteiger charge is 2.31. The monoisotopic (exact) mass is 337 g/mol. The molecule has 130 valence electrons. The van der Waals surface area contributed by atoms with Gasteiger partial charge in [0.25, 0.3) is 0 Å². The maximum Gasteiger partial charge on any atom is 0.416 e. The summed E-state index contributed by atoms with van der Waals surface area (Å²) in [5.74, 6) is 0.204. The minimum absolute atomic E-state index is 0.0621. The van der Waals surface area contributed by atoms with Crippen molar-refractivity contribution in [2.24, 2.45) is 5.92 Å². The third-order valence-corrected chi connectivity index (χ3v) is 4.45. The number of carbonyl (C=O) groups is 1. The second kappa shape index (κ2) is 6.83. The van der Waals surface area contributed by atoms with Crippen molar-refractivity contribution in [2.45, 2.75) is 31.9 Å². The van der Waals surface area contributed by atoms with E-state index in [1.807, 2.05) is 19.9 Å². The van der Waals surface area contributed by atoms with Crippen molar-refractivity contribution in [1.29, 1.82) is 0 Å². The molecule has 1 amide bonds. The highest BCUT2D eigenvalue weighted by atomic mass is 19.4. The molecule has 0 N–H and O–H groups in total. The van der Waals surface area contributed by atoms with E-state index in [-0.39, 0.29) is 17.2 Å². The van der Waals surface area contributed by atoms with Crippen LogP contribution in [-0.2, 0) is 16.4 Å². The fourth-order valence-corrected chi connectivity index (χ4v) is 2.84. The third-order valence-electron chi connectivity index (χ3n) is 4.45. The molecule has 0 radical (unpaired) electrons. The van der Waals surface area contributed by atoms with Crippen molar-refractivity contribution in [3.63, 3.8) is 0 Å². The summed E-state index contributed by atoms with van der Waals surface area (Å²) in [4.78, 5) is 13.3. The number of likely N-dealkylation sites (tertiary alicyclic amines) is 1. The van der Waals surface area contributed by atoms with Gasteiger partial charge in [-0.1, -0.05) is 44.7 Å². The minimum atomic E-state index is -4.32. The number of hydrogen-bond acceptors (Lipinski definition) is 1. The Morgan fingerprint density at radius 3 is 2.33 bits per heavy atom. The first-order chi connectivity index (χ1) is 11.1. The molecule has 1 unspecified atom stereocenters. The molecule has 5 heteroatoms. The maximum absolute atomic E-state index is 12.6. The number of alkyl halides is 3. The van der Waals surface area contributed by atoms with E-state index in [1.54, 1.807) is 4.90 Å². The van der Waals surface area contributed by atoms with Crippen molar-refractivity contribution in [2.75, 3.05) is 13.1 Å². The number of rotatable bonds is 4. The molecule has 0 aromatic heterocycles. The Balaban J connectivity index is 2.05. The highest BCUT2D eigenvalue weighted by Crippen LogP contribution is 2.32. The average molecular weight is 337 g/mol. The lowest BCUT2D eigenvalue weighted by Gasteiger charge is -2.22. The average Bonchev–Trinajstić information content (AvgIpc) is 3.00. The molecule has 0 saturated carbocycles. The van der Waals surface area contributed by atoms with Crippen molar-refractivity contribution in [3.8, 4) is 0 Å². The molecule has 1 aliphatic rings. The van der Waals surface area contributed by atoms with Gasteiger partial charge in [-0.25, -0.2) is 0 Å². The fourth-order valence-electron chi connectivity index (χ4n) is 2.84. The largest absolute Gasteiger partial charge is 0.416 e. The standard InChI is InChI=1S/C19H22F3NO/c1-4-17(24)23-12-10-14(13-23)9-11-18(2,3)15-5-7-16(8-6-15)19(20,21)22/h4-9,11,14H,1,10,12-13H2,2-3H3/b11-9+. The number of amides is 1. The summed E-state index contributed by atoms with van der Waals surface area (Å²) in [6.07, 6.45) is 1.97. The summed E-state index contributed by atoms with van der Waals surface area (Å²) in [5.41, 5.74) is -0.191. The molecule has 1 aliphatic heterocycles.